The Bertz CT molecular complexity index is 1670. The number of thioether (sulfide) groups is 1. The fourth-order valence-electron chi connectivity index (χ4n) is 4.77. The summed E-state index contributed by atoms with van der Waals surface area (Å²) in [6.45, 7) is 8.18. The monoisotopic (exact) mass is 667 g/mol. The van der Waals surface area contributed by atoms with E-state index in [0.29, 0.717) is 28.5 Å². The lowest BCUT2D eigenvalue weighted by atomic mass is 9.99. The molecule has 9 nitrogen and oxygen atoms in total. The maximum absolute atomic E-state index is 14.0. The number of benzene rings is 3. The molecule has 0 saturated carbocycles. The van der Waals surface area contributed by atoms with Crippen LogP contribution in [-0.4, -0.2) is 56.0 Å². The van der Waals surface area contributed by atoms with Crippen LogP contribution in [0.3, 0.4) is 0 Å². The second-order valence-corrected chi connectivity index (χ2v) is 11.8. The fourth-order valence-corrected chi connectivity index (χ4v) is 5.72. The summed E-state index contributed by atoms with van der Waals surface area (Å²) >= 11 is 1.45. The maximum Gasteiger partial charge on any atom is 0.573 e. The Labute approximate surface area is 274 Å². The molecule has 1 aliphatic heterocycles. The first kappa shape index (κ1) is 35.0. The number of rotatable bonds is 9. The number of hydrazone groups is 1. The van der Waals surface area contributed by atoms with Gasteiger partial charge in [-0.15, -0.1) is 13.2 Å². The molecule has 14 heteroatoms. The van der Waals surface area contributed by atoms with E-state index < -0.39 is 18.3 Å². The summed E-state index contributed by atoms with van der Waals surface area (Å²) in [4.78, 5) is 23.1. The number of carbonyl (C=O) groups is 1. The molecule has 1 N–H and O–H groups in total. The van der Waals surface area contributed by atoms with E-state index in [1.54, 1.807) is 37.4 Å². The van der Waals surface area contributed by atoms with Crippen LogP contribution in [0.25, 0.3) is 0 Å². The van der Waals surface area contributed by atoms with E-state index in [2.05, 4.69) is 37.9 Å². The second-order valence-electron chi connectivity index (χ2n) is 10.7. The molecule has 1 unspecified atom stereocenters. The third-order valence-electron chi connectivity index (χ3n) is 7.11. The molecule has 0 spiro atoms. The van der Waals surface area contributed by atoms with E-state index in [4.69, 9.17) is 0 Å². The summed E-state index contributed by atoms with van der Waals surface area (Å²) in [6, 6.07) is 18.3. The van der Waals surface area contributed by atoms with Crippen LogP contribution in [0.2, 0.25) is 0 Å². The maximum atomic E-state index is 14.0. The number of halogens is 4. The molecule has 1 fully saturated rings. The van der Waals surface area contributed by atoms with Gasteiger partial charge in [0, 0.05) is 37.1 Å². The SMILES string of the molecule is C=N/C(=N\N(C)c1ccc(OC(F)(F)F)cc1)c1ccc(C(C#N)CNC(=O)N=C2SCCCN2c2ccc(F)cc2C(C)C)cc1. The zero-order valence-corrected chi connectivity index (χ0v) is 26.8. The summed E-state index contributed by atoms with van der Waals surface area (Å²) in [5.41, 5.74) is 3.34. The van der Waals surface area contributed by atoms with Crippen molar-refractivity contribution in [2.24, 2.45) is 15.1 Å². The number of amides is 2. The molecule has 3 aromatic carbocycles. The van der Waals surface area contributed by atoms with Crippen molar-refractivity contribution in [1.29, 1.82) is 5.26 Å². The van der Waals surface area contributed by atoms with Gasteiger partial charge in [-0.3, -0.25) is 5.01 Å². The van der Waals surface area contributed by atoms with Gasteiger partial charge in [-0.2, -0.15) is 15.4 Å². The van der Waals surface area contributed by atoms with Crippen molar-refractivity contribution < 1.29 is 27.1 Å². The smallest absolute Gasteiger partial charge is 0.406 e. The fraction of sp³-hybridized carbons (Fsp3) is 0.303. The van der Waals surface area contributed by atoms with Crippen molar-refractivity contribution in [2.45, 2.75) is 38.5 Å². The molecule has 1 atom stereocenters. The van der Waals surface area contributed by atoms with Crippen LogP contribution in [0.1, 0.15) is 48.8 Å². The molecule has 246 valence electrons. The van der Waals surface area contributed by atoms with Gasteiger partial charge in [0.05, 0.1) is 17.7 Å². The summed E-state index contributed by atoms with van der Waals surface area (Å²) in [5.74, 6) is -0.255. The van der Waals surface area contributed by atoms with Crippen molar-refractivity contribution in [3.63, 3.8) is 0 Å². The Morgan fingerprint density at radius 2 is 1.85 bits per heavy atom. The summed E-state index contributed by atoms with van der Waals surface area (Å²) in [5, 5.41) is 18.9. The van der Waals surface area contributed by atoms with Crippen LogP contribution in [0.4, 0.5) is 33.7 Å². The van der Waals surface area contributed by atoms with Crippen molar-refractivity contribution in [2.75, 3.05) is 35.8 Å². The van der Waals surface area contributed by atoms with Gasteiger partial charge in [-0.1, -0.05) is 49.9 Å². The number of anilines is 2. The molecule has 3 aromatic rings. The third-order valence-corrected chi connectivity index (χ3v) is 8.17. The molecule has 4 rings (SSSR count). The van der Waals surface area contributed by atoms with Gasteiger partial charge < -0.3 is 15.0 Å². The van der Waals surface area contributed by atoms with Gasteiger partial charge in [0.25, 0.3) is 0 Å². The van der Waals surface area contributed by atoms with Crippen molar-refractivity contribution in [3.05, 3.63) is 89.2 Å². The van der Waals surface area contributed by atoms with E-state index in [-0.39, 0.29) is 29.9 Å². The Kier molecular flexibility index (Phi) is 11.6. The van der Waals surface area contributed by atoms with E-state index in [9.17, 15) is 27.6 Å². The molecular formula is C33H33F4N7O2S. The lowest BCUT2D eigenvalue weighted by molar-refractivity contribution is -0.274. The lowest BCUT2D eigenvalue weighted by Gasteiger charge is -2.32. The number of nitrogens with zero attached hydrogens (tertiary/aromatic N) is 6. The van der Waals surface area contributed by atoms with Gasteiger partial charge >= 0.3 is 12.4 Å². The number of urea groups is 1. The van der Waals surface area contributed by atoms with Crippen LogP contribution >= 0.6 is 11.8 Å². The summed E-state index contributed by atoms with van der Waals surface area (Å²) in [7, 11) is 1.60. The summed E-state index contributed by atoms with van der Waals surface area (Å²) < 4.78 is 55.2. The van der Waals surface area contributed by atoms with Gasteiger partial charge in [0.15, 0.2) is 11.0 Å². The van der Waals surface area contributed by atoms with Gasteiger partial charge in [-0.25, -0.2) is 14.2 Å². The molecule has 0 bridgehead atoms. The molecule has 1 saturated heterocycles. The zero-order valence-electron chi connectivity index (χ0n) is 26.0. The first-order valence-corrected chi connectivity index (χ1v) is 15.6. The Morgan fingerprint density at radius 3 is 2.47 bits per heavy atom. The predicted octanol–water partition coefficient (Wildman–Crippen LogP) is 7.66. The predicted molar refractivity (Wildman–Crippen MR) is 178 cm³/mol. The molecule has 1 heterocycles. The highest BCUT2D eigenvalue weighted by atomic mass is 32.2. The van der Waals surface area contributed by atoms with E-state index in [0.717, 1.165) is 23.4 Å². The van der Waals surface area contributed by atoms with E-state index in [1.807, 2.05) is 18.7 Å². The quantitative estimate of drug-likeness (QED) is 0.109. The van der Waals surface area contributed by atoms with Crippen molar-refractivity contribution >= 4 is 46.9 Å². The van der Waals surface area contributed by atoms with Crippen molar-refractivity contribution in [1.82, 2.24) is 5.32 Å². The standard InChI is InChI=1S/C33H33F4N7O2S/c1-21(2)28-18-25(34)10-15-29(28)44-16-5-17-47-32(44)41-31(45)40-20-24(19-38)22-6-8-23(9-7-22)30(39-3)42-43(4)26-11-13-27(14-12-26)46-33(35,36)37/h6-15,18,21,24H,3,5,16-17,20H2,1-2,4H3,(H,40,45)/b41-32?,42-30-. The number of ether oxygens (including phenoxy) is 1. The van der Waals surface area contributed by atoms with Crippen molar-refractivity contribution in [3.8, 4) is 11.8 Å². The number of amidine groups is 2. The average molecular weight is 668 g/mol. The minimum atomic E-state index is -4.79. The first-order valence-electron chi connectivity index (χ1n) is 14.6. The van der Waals surface area contributed by atoms with E-state index in [1.165, 1.54) is 53.2 Å². The molecule has 47 heavy (non-hydrogen) atoms. The average Bonchev–Trinajstić information content (AvgIpc) is 3.04. The molecular weight excluding hydrogens is 634 g/mol. The number of carbonyl (C=O) groups excluding carboxylic acids is 1. The van der Waals surface area contributed by atoms with Gasteiger partial charge in [0.1, 0.15) is 11.6 Å². The highest BCUT2D eigenvalue weighted by Crippen LogP contribution is 2.33. The molecule has 2 amide bonds. The largest absolute Gasteiger partial charge is 0.573 e. The molecule has 0 aromatic heterocycles. The number of hydrogen-bond donors (Lipinski definition) is 1. The van der Waals surface area contributed by atoms with E-state index >= 15 is 0 Å². The minimum Gasteiger partial charge on any atom is -0.406 e. The van der Waals surface area contributed by atoms with Crippen LogP contribution in [0.5, 0.6) is 5.75 Å². The highest BCUT2D eigenvalue weighted by Gasteiger charge is 2.31. The molecule has 0 aliphatic carbocycles. The van der Waals surface area contributed by atoms with Crippen LogP contribution in [-0.2, 0) is 0 Å². The number of nitriles is 1. The number of nitrogens with one attached hydrogen (secondary N) is 1. The minimum absolute atomic E-state index is 0.0152. The number of alkyl halides is 3. The van der Waals surface area contributed by atoms with Gasteiger partial charge in [-0.05, 0) is 72.6 Å². The third kappa shape index (κ3) is 9.55. The second kappa shape index (κ2) is 15.6. The zero-order chi connectivity index (χ0) is 34.1. The van der Waals surface area contributed by atoms with Gasteiger partial charge in [0.2, 0.25) is 0 Å². The Morgan fingerprint density at radius 1 is 1.15 bits per heavy atom. The Hall–Kier alpha value is -4.90. The number of hydrogen-bond acceptors (Lipinski definition) is 6. The highest BCUT2D eigenvalue weighted by molar-refractivity contribution is 8.14. The van der Waals surface area contributed by atoms with Crippen LogP contribution in [0, 0.1) is 17.1 Å². The van der Waals surface area contributed by atoms with Crippen LogP contribution < -0.4 is 20.0 Å². The molecule has 0 radical (unpaired) electrons. The lowest BCUT2D eigenvalue weighted by Crippen LogP contribution is -2.37. The normalized spacial score (nSPS) is 15.3. The first-order chi connectivity index (χ1) is 22.4. The number of aliphatic imine (C=N–C) groups is 2. The molecule has 1 aliphatic rings. The summed E-state index contributed by atoms with van der Waals surface area (Å²) in [6.07, 6.45) is -3.91. The Balaban J connectivity index is 1.42. The topological polar surface area (TPSA) is 106 Å². The van der Waals surface area contributed by atoms with Crippen LogP contribution in [0.15, 0.2) is 81.8 Å².